The molecule has 27 heavy (non-hydrogen) atoms. The van der Waals surface area contributed by atoms with Crippen molar-refractivity contribution < 1.29 is 26.9 Å². The molecule has 6 nitrogen and oxygen atoms in total. The predicted molar refractivity (Wildman–Crippen MR) is 104 cm³/mol. The molecule has 154 valence electrons. The number of methoxy groups -OCH3 is 1. The second-order valence-electron chi connectivity index (χ2n) is 7.55. The molecule has 0 saturated heterocycles. The largest absolute Gasteiger partial charge is 0.458 e. The molecule has 0 aliphatic carbocycles. The first-order valence-electron chi connectivity index (χ1n) is 9.27. The van der Waals surface area contributed by atoms with Crippen LogP contribution in [-0.2, 0) is 28.6 Å². The minimum absolute atomic E-state index is 0.149. The third kappa shape index (κ3) is 9.35. The number of rotatable bonds is 11. The van der Waals surface area contributed by atoms with Crippen LogP contribution in [0.3, 0.4) is 0 Å². The van der Waals surface area contributed by atoms with Crippen LogP contribution in [0.25, 0.3) is 0 Å². The van der Waals surface area contributed by atoms with Gasteiger partial charge in [-0.15, -0.1) is 0 Å². The minimum Gasteiger partial charge on any atom is -0.458 e. The number of hydrogen-bond acceptors (Lipinski definition) is 6. The highest BCUT2D eigenvalue weighted by Crippen LogP contribution is 2.16. The summed E-state index contributed by atoms with van der Waals surface area (Å²) in [6.07, 6.45) is 3.11. The zero-order valence-electron chi connectivity index (χ0n) is 17.0. The molecule has 1 rings (SSSR count). The highest BCUT2D eigenvalue weighted by atomic mass is 32.2. The van der Waals surface area contributed by atoms with Crippen molar-refractivity contribution >= 4 is 16.1 Å². The first kappa shape index (κ1) is 23.6. The Morgan fingerprint density at radius 3 is 2.19 bits per heavy atom. The molecule has 0 amide bonds. The Morgan fingerprint density at radius 1 is 1.04 bits per heavy atom. The van der Waals surface area contributed by atoms with Gasteiger partial charge in [-0.25, -0.2) is 4.79 Å². The average molecular weight is 401 g/mol. The lowest BCUT2D eigenvalue weighted by atomic mass is 10.1. The van der Waals surface area contributed by atoms with Gasteiger partial charge in [0, 0.05) is 7.11 Å². The molecule has 0 unspecified atom stereocenters. The van der Waals surface area contributed by atoms with Gasteiger partial charge in [0.15, 0.2) is 6.10 Å². The standard InChI is InChI=1S/C20H32O6S/c1-16-11-13-17(14-12-16)27(22,23)25-15-9-7-6-8-10-18(24-5)19(21)26-20(2,3)4/h11-14,18H,6-10,15H2,1-5H3/t18-/m1/s1. The number of benzene rings is 1. The molecule has 0 bridgehead atoms. The van der Waals surface area contributed by atoms with Gasteiger partial charge in [0.1, 0.15) is 5.60 Å². The monoisotopic (exact) mass is 400 g/mol. The van der Waals surface area contributed by atoms with Crippen LogP contribution in [0, 0.1) is 6.92 Å². The molecule has 0 spiro atoms. The van der Waals surface area contributed by atoms with E-state index in [0.29, 0.717) is 12.8 Å². The fraction of sp³-hybridized carbons (Fsp3) is 0.650. The van der Waals surface area contributed by atoms with Crippen LogP contribution < -0.4 is 0 Å². The lowest BCUT2D eigenvalue weighted by Crippen LogP contribution is -2.32. The Kier molecular flexibility index (Phi) is 9.42. The van der Waals surface area contributed by atoms with E-state index in [-0.39, 0.29) is 17.5 Å². The number of carbonyl (C=O) groups is 1. The van der Waals surface area contributed by atoms with E-state index in [2.05, 4.69) is 0 Å². The van der Waals surface area contributed by atoms with Crippen LogP contribution >= 0.6 is 0 Å². The van der Waals surface area contributed by atoms with E-state index in [1.807, 2.05) is 27.7 Å². The van der Waals surface area contributed by atoms with Crippen LogP contribution in [0.4, 0.5) is 0 Å². The van der Waals surface area contributed by atoms with E-state index in [4.69, 9.17) is 13.7 Å². The Bertz CT molecular complexity index is 673. The number of aryl methyl sites for hydroxylation is 1. The second kappa shape index (κ2) is 10.8. The van der Waals surface area contributed by atoms with Gasteiger partial charge in [0.05, 0.1) is 11.5 Å². The van der Waals surface area contributed by atoms with Crippen molar-refractivity contribution in [2.75, 3.05) is 13.7 Å². The van der Waals surface area contributed by atoms with Crippen molar-refractivity contribution in [3.05, 3.63) is 29.8 Å². The summed E-state index contributed by atoms with van der Waals surface area (Å²) in [4.78, 5) is 12.2. The van der Waals surface area contributed by atoms with E-state index >= 15 is 0 Å². The molecule has 1 aromatic rings. The van der Waals surface area contributed by atoms with E-state index in [1.165, 1.54) is 7.11 Å². The Hall–Kier alpha value is -1.44. The van der Waals surface area contributed by atoms with E-state index < -0.39 is 21.8 Å². The Balaban J connectivity index is 2.24. The van der Waals surface area contributed by atoms with Crippen molar-refractivity contribution in [1.29, 1.82) is 0 Å². The predicted octanol–water partition coefficient (Wildman–Crippen LogP) is 4.01. The summed E-state index contributed by atoms with van der Waals surface area (Å²) in [7, 11) is -2.20. The zero-order valence-corrected chi connectivity index (χ0v) is 17.8. The Morgan fingerprint density at radius 2 is 1.63 bits per heavy atom. The molecule has 0 fully saturated rings. The molecule has 1 aromatic carbocycles. The number of carbonyl (C=O) groups excluding carboxylic acids is 1. The molecule has 0 radical (unpaired) electrons. The molecule has 0 saturated carbocycles. The van der Waals surface area contributed by atoms with Crippen LogP contribution in [0.5, 0.6) is 0 Å². The number of unbranched alkanes of at least 4 members (excludes halogenated alkanes) is 3. The van der Waals surface area contributed by atoms with Crippen molar-refractivity contribution in [3.63, 3.8) is 0 Å². The van der Waals surface area contributed by atoms with Gasteiger partial charge in [-0.05, 0) is 52.7 Å². The molecule has 1 atom stereocenters. The third-order valence-electron chi connectivity index (χ3n) is 3.86. The maximum absolute atomic E-state index is 12.1. The summed E-state index contributed by atoms with van der Waals surface area (Å²) in [6, 6.07) is 6.58. The second-order valence-corrected chi connectivity index (χ2v) is 9.17. The van der Waals surface area contributed by atoms with Gasteiger partial charge in [0.2, 0.25) is 0 Å². The summed E-state index contributed by atoms with van der Waals surface area (Å²) in [6.45, 7) is 7.51. The van der Waals surface area contributed by atoms with Gasteiger partial charge in [-0.2, -0.15) is 8.42 Å². The van der Waals surface area contributed by atoms with Gasteiger partial charge in [0.25, 0.3) is 10.1 Å². The van der Waals surface area contributed by atoms with Crippen molar-refractivity contribution in [3.8, 4) is 0 Å². The van der Waals surface area contributed by atoms with Crippen molar-refractivity contribution in [1.82, 2.24) is 0 Å². The highest BCUT2D eigenvalue weighted by molar-refractivity contribution is 7.86. The number of esters is 1. The van der Waals surface area contributed by atoms with Crippen LogP contribution in [0.2, 0.25) is 0 Å². The van der Waals surface area contributed by atoms with Gasteiger partial charge >= 0.3 is 5.97 Å². The van der Waals surface area contributed by atoms with Gasteiger partial charge in [-0.1, -0.05) is 37.0 Å². The summed E-state index contributed by atoms with van der Waals surface area (Å²) in [5.74, 6) is -0.350. The summed E-state index contributed by atoms with van der Waals surface area (Å²) >= 11 is 0. The SMILES string of the molecule is CO[C@H](CCCCCCOS(=O)(=O)c1ccc(C)cc1)C(=O)OC(C)(C)C. The quantitative estimate of drug-likeness (QED) is 0.317. The molecule has 0 heterocycles. The molecular formula is C20H32O6S. The fourth-order valence-electron chi connectivity index (χ4n) is 2.43. The maximum atomic E-state index is 12.1. The molecule has 0 aliphatic rings. The maximum Gasteiger partial charge on any atom is 0.335 e. The zero-order chi connectivity index (χ0) is 20.5. The average Bonchev–Trinajstić information content (AvgIpc) is 2.56. The van der Waals surface area contributed by atoms with Crippen LogP contribution in [0.15, 0.2) is 29.2 Å². The summed E-state index contributed by atoms with van der Waals surface area (Å²) < 4.78 is 39.7. The highest BCUT2D eigenvalue weighted by Gasteiger charge is 2.24. The number of hydrogen-bond donors (Lipinski definition) is 0. The van der Waals surface area contributed by atoms with E-state index in [9.17, 15) is 13.2 Å². The Labute approximate surface area is 163 Å². The minimum atomic E-state index is -3.70. The molecule has 0 N–H and O–H groups in total. The lowest BCUT2D eigenvalue weighted by Gasteiger charge is -2.23. The first-order chi connectivity index (χ1) is 12.5. The topological polar surface area (TPSA) is 78.9 Å². The fourth-order valence-corrected chi connectivity index (χ4v) is 3.37. The number of ether oxygens (including phenoxy) is 2. The van der Waals surface area contributed by atoms with Gasteiger partial charge < -0.3 is 9.47 Å². The normalized spacial score (nSPS) is 13.4. The summed E-state index contributed by atoms with van der Waals surface area (Å²) in [5, 5.41) is 0. The molecule has 0 aliphatic heterocycles. The first-order valence-corrected chi connectivity index (χ1v) is 10.7. The van der Waals surface area contributed by atoms with Gasteiger partial charge in [-0.3, -0.25) is 4.18 Å². The van der Waals surface area contributed by atoms with E-state index in [0.717, 1.165) is 24.8 Å². The summed E-state index contributed by atoms with van der Waals surface area (Å²) in [5.41, 5.74) is 0.462. The smallest absolute Gasteiger partial charge is 0.335 e. The van der Waals surface area contributed by atoms with Crippen molar-refractivity contribution in [2.45, 2.75) is 76.4 Å². The van der Waals surface area contributed by atoms with E-state index in [1.54, 1.807) is 24.3 Å². The third-order valence-corrected chi connectivity index (χ3v) is 5.19. The van der Waals surface area contributed by atoms with Crippen LogP contribution in [-0.4, -0.2) is 39.8 Å². The van der Waals surface area contributed by atoms with Crippen LogP contribution in [0.1, 0.15) is 58.4 Å². The lowest BCUT2D eigenvalue weighted by molar-refractivity contribution is -0.167. The molecule has 7 heteroatoms. The van der Waals surface area contributed by atoms with Crippen molar-refractivity contribution in [2.24, 2.45) is 0 Å². The molecular weight excluding hydrogens is 368 g/mol. The molecule has 0 aromatic heterocycles.